The Hall–Kier alpha value is -1.00. The van der Waals surface area contributed by atoms with Gasteiger partial charge in [-0.2, -0.15) is 0 Å². The van der Waals surface area contributed by atoms with Crippen LogP contribution in [0.5, 0.6) is 0 Å². The molecule has 19 heavy (non-hydrogen) atoms. The highest BCUT2D eigenvalue weighted by atomic mass is 16.5. The molecule has 0 saturated heterocycles. The predicted molar refractivity (Wildman–Crippen MR) is 76.0 cm³/mol. The van der Waals surface area contributed by atoms with E-state index in [4.69, 9.17) is 9.72 Å². The lowest BCUT2D eigenvalue weighted by Crippen LogP contribution is -2.23. The molecular weight excluding hydrogens is 238 g/mol. The second-order valence-corrected chi connectivity index (χ2v) is 5.08. The van der Waals surface area contributed by atoms with Crippen molar-refractivity contribution in [3.63, 3.8) is 0 Å². The van der Waals surface area contributed by atoms with Gasteiger partial charge in [0.2, 0.25) is 0 Å². The van der Waals surface area contributed by atoms with Crippen LogP contribution in [0.2, 0.25) is 0 Å². The average molecular weight is 263 g/mol. The van der Waals surface area contributed by atoms with Crippen molar-refractivity contribution in [2.45, 2.75) is 58.6 Å². The van der Waals surface area contributed by atoms with Gasteiger partial charge in [0.05, 0.1) is 0 Å². The van der Waals surface area contributed by atoms with Crippen LogP contribution in [0.15, 0.2) is 6.20 Å². The first kappa shape index (κ1) is 14.4. The van der Waals surface area contributed by atoms with Gasteiger partial charge in [-0.25, -0.2) is 9.97 Å². The van der Waals surface area contributed by atoms with Crippen LogP contribution in [0.1, 0.15) is 62.7 Å². The van der Waals surface area contributed by atoms with Crippen LogP contribution in [0.4, 0.5) is 0 Å². The number of fused-ring (bicyclic) bond motifs is 1. The largest absolute Gasteiger partial charge is 0.374 e. The molecule has 1 N–H and O–H groups in total. The highest BCUT2D eigenvalue weighted by Gasteiger charge is 2.19. The summed E-state index contributed by atoms with van der Waals surface area (Å²) in [4.78, 5) is 9.15. The fourth-order valence-corrected chi connectivity index (χ4v) is 2.55. The van der Waals surface area contributed by atoms with Crippen molar-refractivity contribution >= 4 is 0 Å². The summed E-state index contributed by atoms with van der Waals surface area (Å²) >= 11 is 0. The fourth-order valence-electron chi connectivity index (χ4n) is 2.55. The minimum atomic E-state index is 0.429. The number of nitrogens with one attached hydrogen (secondary N) is 1. The molecular formula is C15H25N3O. The van der Waals surface area contributed by atoms with E-state index in [2.05, 4.69) is 17.2 Å². The molecule has 1 aliphatic rings. The number of nitrogens with zero attached hydrogens (tertiary/aromatic N) is 2. The van der Waals surface area contributed by atoms with Gasteiger partial charge in [-0.05, 0) is 39.2 Å². The van der Waals surface area contributed by atoms with Gasteiger partial charge < -0.3 is 10.1 Å². The van der Waals surface area contributed by atoms with E-state index in [-0.39, 0.29) is 0 Å². The molecule has 0 saturated carbocycles. The first-order chi connectivity index (χ1) is 9.35. The van der Waals surface area contributed by atoms with Crippen LogP contribution in [0.3, 0.4) is 0 Å². The van der Waals surface area contributed by atoms with Crippen molar-refractivity contribution in [2.24, 2.45) is 0 Å². The zero-order chi connectivity index (χ0) is 13.5. The normalized spacial score (nSPS) is 18.9. The maximum Gasteiger partial charge on any atom is 0.154 e. The number of ether oxygens (including phenoxy) is 1. The maximum atomic E-state index is 5.39. The summed E-state index contributed by atoms with van der Waals surface area (Å²) in [6.07, 6.45) is 7.92. The lowest BCUT2D eigenvalue weighted by molar-refractivity contribution is 0.128. The lowest BCUT2D eigenvalue weighted by Gasteiger charge is -2.18. The van der Waals surface area contributed by atoms with Crippen LogP contribution >= 0.6 is 0 Å². The molecule has 0 fully saturated rings. The third kappa shape index (κ3) is 3.98. The van der Waals surface area contributed by atoms with Crippen molar-refractivity contribution in [1.82, 2.24) is 15.3 Å². The number of aromatic nitrogens is 2. The summed E-state index contributed by atoms with van der Waals surface area (Å²) < 4.78 is 5.39. The van der Waals surface area contributed by atoms with Crippen LogP contribution in [-0.4, -0.2) is 23.1 Å². The summed E-state index contributed by atoms with van der Waals surface area (Å²) in [6, 6.07) is 0.429. The molecule has 0 aliphatic heterocycles. The Bertz CT molecular complexity index is 395. The zero-order valence-electron chi connectivity index (χ0n) is 12.1. The summed E-state index contributed by atoms with van der Waals surface area (Å²) in [5.74, 6) is 0.816. The first-order valence-corrected chi connectivity index (χ1v) is 7.51. The van der Waals surface area contributed by atoms with Crippen LogP contribution in [-0.2, 0) is 17.8 Å². The van der Waals surface area contributed by atoms with E-state index in [0.717, 1.165) is 25.2 Å². The molecule has 0 bridgehead atoms. The van der Waals surface area contributed by atoms with Gasteiger partial charge in [0, 0.05) is 30.1 Å². The van der Waals surface area contributed by atoms with E-state index in [1.807, 2.05) is 13.1 Å². The minimum Gasteiger partial charge on any atom is -0.374 e. The number of rotatable bonds is 6. The monoisotopic (exact) mass is 263 g/mol. The van der Waals surface area contributed by atoms with Gasteiger partial charge in [0.25, 0.3) is 0 Å². The highest BCUT2D eigenvalue weighted by molar-refractivity contribution is 5.23. The van der Waals surface area contributed by atoms with Crippen molar-refractivity contribution < 1.29 is 4.74 Å². The van der Waals surface area contributed by atoms with Gasteiger partial charge >= 0.3 is 0 Å². The topological polar surface area (TPSA) is 47.0 Å². The molecule has 0 aromatic carbocycles. The summed E-state index contributed by atoms with van der Waals surface area (Å²) in [6.45, 7) is 6.49. The van der Waals surface area contributed by atoms with Gasteiger partial charge in [0.1, 0.15) is 6.61 Å². The summed E-state index contributed by atoms with van der Waals surface area (Å²) in [5.41, 5.74) is 2.52. The smallest absolute Gasteiger partial charge is 0.154 e. The van der Waals surface area contributed by atoms with E-state index < -0.39 is 0 Å². The molecule has 4 heteroatoms. The van der Waals surface area contributed by atoms with Crippen molar-refractivity contribution in [1.29, 1.82) is 0 Å². The Morgan fingerprint density at radius 3 is 3.05 bits per heavy atom. The third-order valence-electron chi connectivity index (χ3n) is 3.56. The zero-order valence-corrected chi connectivity index (χ0v) is 12.1. The van der Waals surface area contributed by atoms with E-state index in [1.165, 1.54) is 30.5 Å². The quantitative estimate of drug-likeness (QED) is 0.802. The van der Waals surface area contributed by atoms with E-state index >= 15 is 0 Å². The molecule has 0 amide bonds. The Kier molecular flexibility index (Phi) is 5.73. The molecule has 1 atom stereocenters. The SMILES string of the molecule is CCCNC1CCCCc2nc(COCC)ncc21. The predicted octanol–water partition coefficient (Wildman–Crippen LogP) is 2.78. The van der Waals surface area contributed by atoms with E-state index in [0.29, 0.717) is 19.3 Å². The van der Waals surface area contributed by atoms with E-state index in [1.54, 1.807) is 0 Å². The minimum absolute atomic E-state index is 0.429. The molecule has 1 aromatic rings. The Morgan fingerprint density at radius 1 is 1.37 bits per heavy atom. The molecule has 2 rings (SSSR count). The van der Waals surface area contributed by atoms with E-state index in [9.17, 15) is 0 Å². The third-order valence-corrected chi connectivity index (χ3v) is 3.56. The molecule has 1 aliphatic carbocycles. The standard InChI is InChI=1S/C15H25N3O/c1-3-9-16-13-7-5-6-8-14-12(13)10-17-15(18-14)11-19-4-2/h10,13,16H,3-9,11H2,1-2H3. The molecule has 0 radical (unpaired) electrons. The number of aryl methyl sites for hydroxylation is 1. The Balaban J connectivity index is 2.14. The Labute approximate surface area is 116 Å². The second-order valence-electron chi connectivity index (χ2n) is 5.08. The Morgan fingerprint density at radius 2 is 2.26 bits per heavy atom. The molecule has 0 spiro atoms. The lowest BCUT2D eigenvalue weighted by atomic mass is 10.0. The molecule has 106 valence electrons. The van der Waals surface area contributed by atoms with Crippen molar-refractivity contribution in [3.05, 3.63) is 23.3 Å². The van der Waals surface area contributed by atoms with Gasteiger partial charge in [-0.3, -0.25) is 0 Å². The van der Waals surface area contributed by atoms with Crippen molar-refractivity contribution in [3.8, 4) is 0 Å². The summed E-state index contributed by atoms with van der Waals surface area (Å²) in [7, 11) is 0. The van der Waals surface area contributed by atoms with Crippen LogP contribution < -0.4 is 5.32 Å². The fraction of sp³-hybridized carbons (Fsp3) is 0.733. The summed E-state index contributed by atoms with van der Waals surface area (Å²) in [5, 5.41) is 3.62. The van der Waals surface area contributed by atoms with Gasteiger partial charge in [-0.15, -0.1) is 0 Å². The molecule has 1 aromatic heterocycles. The maximum absolute atomic E-state index is 5.39. The highest BCUT2D eigenvalue weighted by Crippen LogP contribution is 2.27. The molecule has 1 unspecified atom stereocenters. The second kappa shape index (κ2) is 7.56. The van der Waals surface area contributed by atoms with Crippen molar-refractivity contribution in [2.75, 3.05) is 13.2 Å². The number of hydrogen-bond acceptors (Lipinski definition) is 4. The van der Waals surface area contributed by atoms with Gasteiger partial charge in [0.15, 0.2) is 5.82 Å². The molecule has 4 nitrogen and oxygen atoms in total. The first-order valence-electron chi connectivity index (χ1n) is 7.51. The average Bonchev–Trinajstić information content (AvgIpc) is 2.64. The molecule has 1 heterocycles. The van der Waals surface area contributed by atoms with Crippen LogP contribution in [0.25, 0.3) is 0 Å². The number of hydrogen-bond donors (Lipinski definition) is 1. The van der Waals surface area contributed by atoms with Crippen LogP contribution in [0, 0.1) is 0 Å². The van der Waals surface area contributed by atoms with Gasteiger partial charge in [-0.1, -0.05) is 13.3 Å².